The lowest BCUT2D eigenvalue weighted by Gasteiger charge is -2.02. The zero-order valence-electron chi connectivity index (χ0n) is 7.88. The van der Waals surface area contributed by atoms with Crippen LogP contribution in [0.4, 0.5) is 4.39 Å². The Hall–Kier alpha value is -0.980. The number of rotatable bonds is 2. The molecular weight excluding hydrogens is 300 g/mol. The van der Waals surface area contributed by atoms with Crippen molar-refractivity contribution in [3.8, 4) is 11.4 Å². The first-order chi connectivity index (χ1) is 7.63. The van der Waals surface area contributed by atoms with Gasteiger partial charge in [-0.15, -0.1) is 0 Å². The van der Waals surface area contributed by atoms with E-state index < -0.39 is 5.82 Å². The quantitative estimate of drug-likeness (QED) is 0.867. The maximum absolute atomic E-state index is 13.8. The summed E-state index contributed by atoms with van der Waals surface area (Å²) in [6, 6.07) is 3.05. The number of halogens is 3. The minimum absolute atomic E-state index is 0.0873. The van der Waals surface area contributed by atoms with Gasteiger partial charge in [0.05, 0.1) is 21.6 Å². The highest BCUT2D eigenvalue weighted by atomic mass is 79.9. The minimum Gasteiger partial charge on any atom is -0.338 e. The summed E-state index contributed by atoms with van der Waals surface area (Å²) in [7, 11) is 0. The van der Waals surface area contributed by atoms with Crippen molar-refractivity contribution in [3.05, 3.63) is 33.3 Å². The summed E-state index contributed by atoms with van der Waals surface area (Å²) in [6.07, 6.45) is 0. The summed E-state index contributed by atoms with van der Waals surface area (Å²) in [6.45, 7) is 0.0975. The molecule has 1 aromatic heterocycles. The summed E-state index contributed by atoms with van der Waals surface area (Å²) < 4.78 is 18.9. The molecule has 1 heterocycles. The van der Waals surface area contributed by atoms with Crippen molar-refractivity contribution < 1.29 is 8.91 Å². The lowest BCUT2D eigenvalue weighted by Crippen LogP contribution is -1.96. The molecule has 0 saturated carbocycles. The normalized spacial score (nSPS) is 10.8. The molecule has 0 fully saturated rings. The Bertz CT molecular complexity index is 531. The zero-order chi connectivity index (χ0) is 11.7. The van der Waals surface area contributed by atoms with E-state index in [0.29, 0.717) is 0 Å². The molecule has 7 heteroatoms. The van der Waals surface area contributed by atoms with Crippen LogP contribution >= 0.6 is 27.5 Å². The van der Waals surface area contributed by atoms with E-state index in [1.54, 1.807) is 6.07 Å². The van der Waals surface area contributed by atoms with Gasteiger partial charge in [-0.2, -0.15) is 4.98 Å². The van der Waals surface area contributed by atoms with Crippen molar-refractivity contribution in [1.82, 2.24) is 10.1 Å². The first-order valence-electron chi connectivity index (χ1n) is 4.30. The van der Waals surface area contributed by atoms with E-state index >= 15 is 0 Å². The summed E-state index contributed by atoms with van der Waals surface area (Å²) in [5, 5.41) is 3.82. The van der Waals surface area contributed by atoms with E-state index in [4.69, 9.17) is 21.9 Å². The van der Waals surface area contributed by atoms with Crippen LogP contribution in [0.1, 0.15) is 5.89 Å². The Balaban J connectivity index is 2.58. The second-order valence-electron chi connectivity index (χ2n) is 2.93. The predicted molar refractivity (Wildman–Crippen MR) is 60.3 cm³/mol. The molecule has 0 aliphatic heterocycles. The van der Waals surface area contributed by atoms with Gasteiger partial charge in [0.2, 0.25) is 11.7 Å². The molecule has 0 radical (unpaired) electrons. The second kappa shape index (κ2) is 4.48. The van der Waals surface area contributed by atoms with Crippen molar-refractivity contribution in [2.45, 2.75) is 6.54 Å². The van der Waals surface area contributed by atoms with Crippen molar-refractivity contribution in [1.29, 1.82) is 0 Å². The highest BCUT2D eigenvalue weighted by Crippen LogP contribution is 2.32. The average molecular weight is 307 g/mol. The van der Waals surface area contributed by atoms with Gasteiger partial charge >= 0.3 is 0 Å². The molecule has 2 aromatic rings. The lowest BCUT2D eigenvalue weighted by molar-refractivity contribution is 0.380. The molecule has 0 atom stereocenters. The number of hydrogen-bond acceptors (Lipinski definition) is 4. The lowest BCUT2D eigenvalue weighted by atomic mass is 10.2. The van der Waals surface area contributed by atoms with E-state index in [1.807, 2.05) is 0 Å². The number of aromatic nitrogens is 2. The van der Waals surface area contributed by atoms with Crippen LogP contribution in [0, 0.1) is 5.82 Å². The van der Waals surface area contributed by atoms with E-state index in [0.717, 1.165) is 0 Å². The number of benzene rings is 1. The summed E-state index contributed by atoms with van der Waals surface area (Å²) in [4.78, 5) is 3.91. The molecule has 0 aliphatic rings. The third-order valence-corrected chi connectivity index (χ3v) is 2.84. The number of nitrogens with two attached hydrogens (primary N) is 1. The molecular formula is C9H6BrClFN3O. The van der Waals surface area contributed by atoms with Crippen LogP contribution in [0.2, 0.25) is 5.02 Å². The van der Waals surface area contributed by atoms with Gasteiger partial charge in [-0.25, -0.2) is 4.39 Å². The van der Waals surface area contributed by atoms with Crippen molar-refractivity contribution >= 4 is 27.5 Å². The van der Waals surface area contributed by atoms with Gasteiger partial charge in [0.1, 0.15) is 5.82 Å². The van der Waals surface area contributed by atoms with Gasteiger partial charge in [0.15, 0.2) is 0 Å². The van der Waals surface area contributed by atoms with Crippen LogP contribution in [0.25, 0.3) is 11.4 Å². The molecule has 0 aliphatic carbocycles. The predicted octanol–water partition coefficient (Wildman–Crippen LogP) is 2.75. The minimum atomic E-state index is -0.531. The fourth-order valence-electron chi connectivity index (χ4n) is 1.17. The Morgan fingerprint density at radius 2 is 2.25 bits per heavy atom. The van der Waals surface area contributed by atoms with Crippen molar-refractivity contribution in [3.63, 3.8) is 0 Å². The molecule has 84 valence electrons. The van der Waals surface area contributed by atoms with Crippen LogP contribution in [0.15, 0.2) is 21.1 Å². The van der Waals surface area contributed by atoms with Gasteiger partial charge in [-0.3, -0.25) is 0 Å². The van der Waals surface area contributed by atoms with Crippen molar-refractivity contribution in [2.24, 2.45) is 5.73 Å². The van der Waals surface area contributed by atoms with Crippen molar-refractivity contribution in [2.75, 3.05) is 0 Å². The Morgan fingerprint density at radius 3 is 2.88 bits per heavy atom. The van der Waals surface area contributed by atoms with E-state index in [2.05, 4.69) is 26.1 Å². The van der Waals surface area contributed by atoms with Crippen LogP contribution in [-0.2, 0) is 6.54 Å². The number of hydrogen-bond donors (Lipinski definition) is 1. The average Bonchev–Trinajstić information content (AvgIpc) is 2.73. The van der Waals surface area contributed by atoms with Crippen LogP contribution in [-0.4, -0.2) is 10.1 Å². The Kier molecular flexibility index (Phi) is 3.22. The molecule has 4 nitrogen and oxygen atoms in total. The molecule has 0 bridgehead atoms. The summed E-state index contributed by atoms with van der Waals surface area (Å²) >= 11 is 8.93. The molecule has 1 aromatic carbocycles. The summed E-state index contributed by atoms with van der Waals surface area (Å²) in [5.74, 6) is -0.216. The van der Waals surface area contributed by atoms with Crippen LogP contribution in [0.5, 0.6) is 0 Å². The highest BCUT2D eigenvalue weighted by Gasteiger charge is 2.18. The first kappa shape index (κ1) is 11.5. The smallest absolute Gasteiger partial charge is 0.240 e. The second-order valence-corrected chi connectivity index (χ2v) is 4.20. The van der Waals surface area contributed by atoms with E-state index in [-0.39, 0.29) is 33.3 Å². The topological polar surface area (TPSA) is 64.9 Å². The monoisotopic (exact) mass is 305 g/mol. The first-order valence-corrected chi connectivity index (χ1v) is 5.47. The maximum atomic E-state index is 13.8. The zero-order valence-corrected chi connectivity index (χ0v) is 10.2. The molecule has 0 unspecified atom stereocenters. The third-order valence-electron chi connectivity index (χ3n) is 1.91. The van der Waals surface area contributed by atoms with Gasteiger partial charge in [-0.1, -0.05) is 16.8 Å². The Morgan fingerprint density at radius 1 is 1.50 bits per heavy atom. The molecule has 0 spiro atoms. The highest BCUT2D eigenvalue weighted by molar-refractivity contribution is 9.10. The van der Waals surface area contributed by atoms with Gasteiger partial charge in [0, 0.05) is 0 Å². The van der Waals surface area contributed by atoms with Gasteiger partial charge in [0.25, 0.3) is 0 Å². The third kappa shape index (κ3) is 1.95. The number of nitrogens with zero attached hydrogens (tertiary/aromatic N) is 2. The molecule has 2 N–H and O–H groups in total. The molecule has 0 amide bonds. The van der Waals surface area contributed by atoms with Crippen LogP contribution < -0.4 is 5.73 Å². The van der Waals surface area contributed by atoms with E-state index in [1.165, 1.54) is 6.07 Å². The fraction of sp³-hybridized carbons (Fsp3) is 0.111. The standard InChI is InChI=1S/C9H6BrClFN3O/c10-4-1-2-5(11)7(8(4)12)9-14-6(3-13)16-15-9/h1-2H,3,13H2. The largest absolute Gasteiger partial charge is 0.338 e. The maximum Gasteiger partial charge on any atom is 0.240 e. The molecule has 0 saturated heterocycles. The molecule has 16 heavy (non-hydrogen) atoms. The van der Waals surface area contributed by atoms with Gasteiger partial charge < -0.3 is 10.3 Å². The van der Waals surface area contributed by atoms with Gasteiger partial charge in [-0.05, 0) is 28.1 Å². The van der Waals surface area contributed by atoms with E-state index in [9.17, 15) is 4.39 Å². The fourth-order valence-corrected chi connectivity index (χ4v) is 1.73. The Labute approximate surface area is 104 Å². The van der Waals surface area contributed by atoms with Crippen LogP contribution in [0.3, 0.4) is 0 Å². The summed E-state index contributed by atoms with van der Waals surface area (Å²) in [5.41, 5.74) is 5.41. The molecule has 2 rings (SSSR count). The SMILES string of the molecule is NCc1nc(-c2c(Cl)ccc(Br)c2F)no1.